The van der Waals surface area contributed by atoms with Gasteiger partial charge in [-0.3, -0.25) is 10.1 Å². The van der Waals surface area contributed by atoms with E-state index in [0.29, 0.717) is 23.6 Å². The lowest BCUT2D eigenvalue weighted by molar-refractivity contribution is 0.0973. The van der Waals surface area contributed by atoms with E-state index in [2.05, 4.69) is 26.6 Å². The third-order valence-electron chi connectivity index (χ3n) is 3.79. The van der Waals surface area contributed by atoms with E-state index < -0.39 is 0 Å². The standard InChI is InChI=1S/C20H17BrN2O3S/c1-25-18-5-3-2-4-16(18)19(24)23-20(27)22-12-15-10-11-17(26-15)13-6-8-14(21)9-7-13/h2-11H,12H2,1H3,(H2,22,23,24,27). The second-order valence-corrected chi connectivity index (χ2v) is 6.93. The number of carbonyl (C=O) groups is 1. The van der Waals surface area contributed by atoms with Crippen LogP contribution in [-0.4, -0.2) is 18.1 Å². The third-order valence-corrected chi connectivity index (χ3v) is 4.57. The molecule has 5 nitrogen and oxygen atoms in total. The SMILES string of the molecule is COc1ccccc1C(=O)NC(=S)NCc1ccc(-c2ccc(Br)cc2)o1. The van der Waals surface area contributed by atoms with Crippen LogP contribution >= 0.6 is 28.1 Å². The average molecular weight is 445 g/mol. The zero-order valence-corrected chi connectivity index (χ0v) is 16.9. The predicted molar refractivity (Wildman–Crippen MR) is 112 cm³/mol. The van der Waals surface area contributed by atoms with Gasteiger partial charge in [0.25, 0.3) is 5.91 Å². The number of ether oxygens (including phenoxy) is 1. The van der Waals surface area contributed by atoms with Gasteiger partial charge in [0.15, 0.2) is 5.11 Å². The first kappa shape index (κ1) is 19.1. The summed E-state index contributed by atoms with van der Waals surface area (Å²) in [4.78, 5) is 12.3. The first-order valence-electron chi connectivity index (χ1n) is 8.13. The Morgan fingerprint density at radius 1 is 1.11 bits per heavy atom. The summed E-state index contributed by atoms with van der Waals surface area (Å²) < 4.78 is 12.0. The summed E-state index contributed by atoms with van der Waals surface area (Å²) in [6.07, 6.45) is 0. The number of halogens is 1. The molecule has 1 aromatic heterocycles. The molecule has 0 bridgehead atoms. The molecule has 3 aromatic rings. The zero-order chi connectivity index (χ0) is 19.2. The molecule has 0 aliphatic heterocycles. The van der Waals surface area contributed by atoms with Crippen molar-refractivity contribution in [2.24, 2.45) is 0 Å². The summed E-state index contributed by atoms with van der Waals surface area (Å²) in [6, 6.07) is 18.6. The van der Waals surface area contributed by atoms with Gasteiger partial charge in [-0.15, -0.1) is 0 Å². The number of hydrogen-bond donors (Lipinski definition) is 2. The number of hydrogen-bond acceptors (Lipinski definition) is 4. The smallest absolute Gasteiger partial charge is 0.261 e. The number of thiocarbonyl (C=S) groups is 1. The number of carbonyl (C=O) groups excluding carboxylic acids is 1. The molecule has 0 aliphatic carbocycles. The Hall–Kier alpha value is -2.64. The summed E-state index contributed by atoms with van der Waals surface area (Å²) in [5.74, 6) is 1.63. The van der Waals surface area contributed by atoms with Gasteiger partial charge in [0.2, 0.25) is 0 Å². The van der Waals surface area contributed by atoms with Gasteiger partial charge < -0.3 is 14.5 Å². The Bertz CT molecular complexity index is 954. The van der Waals surface area contributed by atoms with Crippen molar-refractivity contribution in [2.45, 2.75) is 6.54 Å². The highest BCUT2D eigenvalue weighted by molar-refractivity contribution is 9.10. The lowest BCUT2D eigenvalue weighted by Crippen LogP contribution is -2.38. The van der Waals surface area contributed by atoms with Crippen molar-refractivity contribution in [3.63, 3.8) is 0 Å². The van der Waals surface area contributed by atoms with Crippen molar-refractivity contribution in [2.75, 3.05) is 7.11 Å². The highest BCUT2D eigenvalue weighted by atomic mass is 79.9. The Balaban J connectivity index is 1.56. The average Bonchev–Trinajstić information content (AvgIpc) is 3.16. The number of nitrogens with one attached hydrogen (secondary N) is 2. The lowest BCUT2D eigenvalue weighted by atomic mass is 10.2. The molecule has 1 heterocycles. The zero-order valence-electron chi connectivity index (χ0n) is 14.5. The van der Waals surface area contributed by atoms with Crippen LogP contribution in [0.2, 0.25) is 0 Å². The molecule has 0 spiro atoms. The molecule has 0 atom stereocenters. The minimum atomic E-state index is -0.333. The maximum Gasteiger partial charge on any atom is 0.261 e. The lowest BCUT2D eigenvalue weighted by Gasteiger charge is -2.10. The van der Waals surface area contributed by atoms with Crippen LogP contribution in [0, 0.1) is 0 Å². The summed E-state index contributed by atoms with van der Waals surface area (Å²) in [5, 5.41) is 5.82. The van der Waals surface area contributed by atoms with E-state index in [1.54, 1.807) is 24.3 Å². The Labute approximate surface area is 170 Å². The van der Waals surface area contributed by atoms with Crippen molar-refractivity contribution in [3.8, 4) is 17.1 Å². The number of para-hydroxylation sites is 1. The van der Waals surface area contributed by atoms with E-state index in [1.165, 1.54) is 7.11 Å². The van der Waals surface area contributed by atoms with Crippen molar-refractivity contribution >= 4 is 39.2 Å². The van der Waals surface area contributed by atoms with Crippen LogP contribution in [0.25, 0.3) is 11.3 Å². The van der Waals surface area contributed by atoms with Crippen LogP contribution < -0.4 is 15.4 Å². The molecular weight excluding hydrogens is 428 g/mol. The van der Waals surface area contributed by atoms with Crippen LogP contribution in [0.3, 0.4) is 0 Å². The van der Waals surface area contributed by atoms with Gasteiger partial charge in [-0.05, 0) is 48.6 Å². The number of furan rings is 1. The van der Waals surface area contributed by atoms with Gasteiger partial charge >= 0.3 is 0 Å². The Morgan fingerprint density at radius 3 is 2.59 bits per heavy atom. The van der Waals surface area contributed by atoms with Crippen LogP contribution in [0.15, 0.2) is 69.6 Å². The van der Waals surface area contributed by atoms with Gasteiger partial charge in [0.1, 0.15) is 17.3 Å². The van der Waals surface area contributed by atoms with E-state index in [-0.39, 0.29) is 11.0 Å². The Morgan fingerprint density at radius 2 is 1.85 bits per heavy atom. The normalized spacial score (nSPS) is 10.3. The molecule has 0 saturated carbocycles. The van der Waals surface area contributed by atoms with Gasteiger partial charge in [-0.1, -0.05) is 40.2 Å². The van der Waals surface area contributed by atoms with Crippen LogP contribution in [0.4, 0.5) is 0 Å². The maximum absolute atomic E-state index is 12.3. The molecule has 0 fully saturated rings. The van der Waals surface area contributed by atoms with E-state index in [1.807, 2.05) is 36.4 Å². The summed E-state index contributed by atoms with van der Waals surface area (Å²) in [7, 11) is 1.52. The van der Waals surface area contributed by atoms with E-state index in [9.17, 15) is 4.79 Å². The molecular formula is C20H17BrN2O3S. The first-order chi connectivity index (χ1) is 13.1. The number of amides is 1. The fourth-order valence-corrected chi connectivity index (χ4v) is 2.89. The Kier molecular flexibility index (Phi) is 6.26. The molecule has 1 amide bonds. The number of methoxy groups -OCH3 is 1. The molecule has 7 heteroatoms. The van der Waals surface area contributed by atoms with Crippen LogP contribution in [-0.2, 0) is 6.54 Å². The highest BCUT2D eigenvalue weighted by Gasteiger charge is 2.13. The van der Waals surface area contributed by atoms with E-state index in [0.717, 1.165) is 15.8 Å². The fourth-order valence-electron chi connectivity index (χ4n) is 2.46. The number of rotatable bonds is 5. The minimum absolute atomic E-state index is 0.215. The summed E-state index contributed by atoms with van der Waals surface area (Å²) in [5.41, 5.74) is 1.40. The fraction of sp³-hybridized carbons (Fsp3) is 0.100. The largest absolute Gasteiger partial charge is 0.496 e. The third kappa shape index (κ3) is 4.96. The van der Waals surface area contributed by atoms with Crippen LogP contribution in [0.1, 0.15) is 16.1 Å². The van der Waals surface area contributed by atoms with E-state index >= 15 is 0 Å². The van der Waals surface area contributed by atoms with Gasteiger partial charge in [0.05, 0.1) is 19.2 Å². The van der Waals surface area contributed by atoms with Crippen molar-refractivity contribution in [3.05, 3.63) is 76.5 Å². The van der Waals surface area contributed by atoms with Crippen molar-refractivity contribution in [1.82, 2.24) is 10.6 Å². The van der Waals surface area contributed by atoms with Crippen LogP contribution in [0.5, 0.6) is 5.75 Å². The van der Waals surface area contributed by atoms with Gasteiger partial charge in [-0.25, -0.2) is 0 Å². The first-order valence-corrected chi connectivity index (χ1v) is 9.34. The monoisotopic (exact) mass is 444 g/mol. The van der Waals surface area contributed by atoms with Crippen molar-refractivity contribution < 1.29 is 13.9 Å². The van der Waals surface area contributed by atoms with Gasteiger partial charge in [-0.2, -0.15) is 0 Å². The second-order valence-electron chi connectivity index (χ2n) is 5.61. The molecule has 3 rings (SSSR count). The van der Waals surface area contributed by atoms with Crippen molar-refractivity contribution in [1.29, 1.82) is 0 Å². The minimum Gasteiger partial charge on any atom is -0.496 e. The topological polar surface area (TPSA) is 63.5 Å². The maximum atomic E-state index is 12.3. The van der Waals surface area contributed by atoms with Gasteiger partial charge in [0, 0.05) is 10.0 Å². The number of benzene rings is 2. The molecule has 0 saturated heterocycles. The summed E-state index contributed by atoms with van der Waals surface area (Å²) >= 11 is 8.60. The molecule has 0 unspecified atom stereocenters. The highest BCUT2D eigenvalue weighted by Crippen LogP contribution is 2.24. The molecule has 0 radical (unpaired) electrons. The quantitative estimate of drug-likeness (QED) is 0.566. The molecule has 0 aliphatic rings. The molecule has 2 aromatic carbocycles. The molecule has 138 valence electrons. The molecule has 2 N–H and O–H groups in total. The second kappa shape index (κ2) is 8.83. The van der Waals surface area contributed by atoms with E-state index in [4.69, 9.17) is 21.4 Å². The molecule has 27 heavy (non-hydrogen) atoms. The summed E-state index contributed by atoms with van der Waals surface area (Å²) in [6.45, 7) is 0.363. The predicted octanol–water partition coefficient (Wildman–Crippen LogP) is 4.52.